The Hall–Kier alpha value is -0.878. The minimum absolute atomic E-state index is 0. The number of anilines is 2. The average Bonchev–Trinajstić information content (AvgIpc) is 2.68. The molecule has 1 radical (unpaired) electrons. The van der Waals surface area contributed by atoms with E-state index >= 15 is 0 Å². The van der Waals surface area contributed by atoms with E-state index in [-0.39, 0.29) is 44.1 Å². The van der Waals surface area contributed by atoms with Crippen molar-refractivity contribution in [2.75, 3.05) is 62.2 Å². The fourth-order valence-electron chi connectivity index (χ4n) is 3.37. The normalized spacial score (nSPS) is 16.6. The molecule has 2 fully saturated rings. The Morgan fingerprint density at radius 3 is 1.48 bits per heavy atom. The predicted molar refractivity (Wildman–Crippen MR) is 113 cm³/mol. The van der Waals surface area contributed by atoms with Crippen LogP contribution in [0, 0.1) is 71.8 Å². The van der Waals surface area contributed by atoms with E-state index in [1.807, 2.05) is 39.8 Å². The van der Waals surface area contributed by atoms with Gasteiger partial charge in [-0.2, -0.15) is 0 Å². The Morgan fingerprint density at radius 1 is 0.690 bits per heavy atom. The number of hydrogen-bond acceptors (Lipinski definition) is 7. The monoisotopic (exact) mass is 610 g/mol. The van der Waals surface area contributed by atoms with E-state index in [0.717, 1.165) is 87.0 Å². The number of aromatic nitrogens is 4. The Labute approximate surface area is 209 Å². The molecular weight excluding hydrogens is 579 g/mol. The Bertz CT molecular complexity index is 667. The molecular formula is C20H31AcN8-. The number of piperazine rings is 2. The van der Waals surface area contributed by atoms with Crippen LogP contribution in [0.2, 0.25) is 0 Å². The second kappa shape index (κ2) is 12.1. The van der Waals surface area contributed by atoms with Crippen molar-refractivity contribution in [3.63, 3.8) is 0 Å². The molecule has 155 valence electrons. The first kappa shape index (κ1) is 24.4. The van der Waals surface area contributed by atoms with Crippen LogP contribution in [0.5, 0.6) is 0 Å². The summed E-state index contributed by atoms with van der Waals surface area (Å²) in [6.07, 6.45) is 0. The number of nitrogens with zero attached hydrogens (tertiary/aromatic N) is 7. The van der Waals surface area contributed by atoms with Gasteiger partial charge in [-0.25, -0.2) is 19.9 Å². The summed E-state index contributed by atoms with van der Waals surface area (Å²) in [6.45, 7) is 15.8. The van der Waals surface area contributed by atoms with E-state index in [2.05, 4.69) is 40.4 Å². The first-order valence-electron chi connectivity index (χ1n) is 10.00. The summed E-state index contributed by atoms with van der Waals surface area (Å²) in [6, 6.07) is 4.00. The van der Waals surface area contributed by atoms with Crippen LogP contribution in [-0.2, 0) is 0 Å². The van der Waals surface area contributed by atoms with Crippen LogP contribution in [-0.4, -0.2) is 72.3 Å². The van der Waals surface area contributed by atoms with Crippen LogP contribution < -0.4 is 15.1 Å². The molecule has 0 amide bonds. The molecule has 0 bridgehead atoms. The molecule has 4 heterocycles. The molecule has 4 rings (SSSR count). The molecule has 1 N–H and O–H groups in total. The minimum Gasteiger partial charge on any atom is -0.659 e. The third-order valence-corrected chi connectivity index (χ3v) is 4.68. The molecule has 0 aromatic carbocycles. The molecule has 0 aliphatic carbocycles. The molecule has 2 saturated heterocycles. The molecule has 2 aromatic rings. The van der Waals surface area contributed by atoms with Crippen LogP contribution in [0.1, 0.15) is 22.8 Å². The number of nitrogens with one attached hydrogen (secondary N) is 1. The van der Waals surface area contributed by atoms with Gasteiger partial charge < -0.3 is 20.4 Å². The fourth-order valence-corrected chi connectivity index (χ4v) is 3.37. The molecule has 2 aliphatic heterocycles. The average molecular weight is 611 g/mol. The molecule has 2 aliphatic rings. The van der Waals surface area contributed by atoms with E-state index in [4.69, 9.17) is 0 Å². The largest absolute Gasteiger partial charge is 0.659 e. The Morgan fingerprint density at radius 2 is 1.07 bits per heavy atom. The van der Waals surface area contributed by atoms with Gasteiger partial charge in [0.1, 0.15) is 0 Å². The van der Waals surface area contributed by atoms with E-state index in [1.165, 1.54) is 0 Å². The van der Waals surface area contributed by atoms with E-state index < -0.39 is 0 Å². The van der Waals surface area contributed by atoms with Crippen molar-refractivity contribution in [1.29, 1.82) is 0 Å². The molecule has 0 saturated carbocycles. The molecule has 0 unspecified atom stereocenters. The van der Waals surface area contributed by atoms with Crippen LogP contribution in [0.15, 0.2) is 12.1 Å². The van der Waals surface area contributed by atoms with Gasteiger partial charge in [0.05, 0.1) is 0 Å². The molecule has 8 nitrogen and oxygen atoms in total. The molecule has 0 atom stereocenters. The van der Waals surface area contributed by atoms with Gasteiger partial charge in [-0.1, -0.05) is 0 Å². The van der Waals surface area contributed by atoms with Gasteiger partial charge >= 0.3 is 0 Å². The van der Waals surface area contributed by atoms with Gasteiger partial charge in [0, 0.05) is 106 Å². The molecule has 29 heavy (non-hydrogen) atoms. The van der Waals surface area contributed by atoms with Gasteiger partial charge in [-0.3, -0.25) is 0 Å². The third-order valence-electron chi connectivity index (χ3n) is 4.68. The van der Waals surface area contributed by atoms with Crippen molar-refractivity contribution < 1.29 is 44.1 Å². The SMILES string of the molecule is Cc1cc(C)nc(N2CCNCC2)n1.Cc1cc(C)nc(N2CC[N-]CC2)n1.[Ac]. The fraction of sp³-hybridized carbons (Fsp3) is 0.600. The Kier molecular flexibility index (Phi) is 10.2. The third kappa shape index (κ3) is 7.71. The quantitative estimate of drug-likeness (QED) is 0.556. The zero-order chi connectivity index (χ0) is 19.9. The first-order chi connectivity index (χ1) is 13.5. The van der Waals surface area contributed by atoms with Gasteiger partial charge in [-0.05, 0) is 39.8 Å². The predicted octanol–water partition coefficient (Wildman–Crippen LogP) is 1.79. The number of rotatable bonds is 2. The van der Waals surface area contributed by atoms with Gasteiger partial charge in [0.2, 0.25) is 11.9 Å². The topological polar surface area (TPSA) is 84.2 Å². The zero-order valence-corrected chi connectivity index (χ0v) is 22.8. The van der Waals surface area contributed by atoms with Crippen molar-refractivity contribution in [3.05, 3.63) is 40.2 Å². The van der Waals surface area contributed by atoms with Crippen LogP contribution in [0.3, 0.4) is 0 Å². The summed E-state index contributed by atoms with van der Waals surface area (Å²) in [4.78, 5) is 22.2. The summed E-state index contributed by atoms with van der Waals surface area (Å²) >= 11 is 0. The molecule has 0 spiro atoms. The summed E-state index contributed by atoms with van der Waals surface area (Å²) in [7, 11) is 0. The van der Waals surface area contributed by atoms with Crippen molar-refractivity contribution in [1.82, 2.24) is 25.3 Å². The number of hydrogen-bond donors (Lipinski definition) is 1. The molecule has 9 heteroatoms. The van der Waals surface area contributed by atoms with E-state index in [9.17, 15) is 0 Å². The molecule has 2 aromatic heterocycles. The van der Waals surface area contributed by atoms with Gasteiger partial charge in [0.25, 0.3) is 0 Å². The standard InChI is InChI=1S/C10H16N4.C10H15N4.Ac/c2*1-8-7-9(2)13-10(12-8)14-5-3-11-4-6-14;/h7,11H,3-6H2,1-2H3;7H,3-6H2,1-2H3;/q;-1;. The van der Waals surface area contributed by atoms with Crippen LogP contribution in [0.4, 0.5) is 11.9 Å². The van der Waals surface area contributed by atoms with Gasteiger partial charge in [0.15, 0.2) is 0 Å². The maximum absolute atomic E-state index is 4.44. The maximum Gasteiger partial charge on any atom is 0.225 e. The minimum atomic E-state index is 0. The van der Waals surface area contributed by atoms with E-state index in [1.54, 1.807) is 0 Å². The summed E-state index contributed by atoms with van der Waals surface area (Å²) in [5.41, 5.74) is 4.17. The van der Waals surface area contributed by atoms with Gasteiger partial charge in [-0.15, -0.1) is 13.1 Å². The number of aryl methyl sites for hydroxylation is 4. The van der Waals surface area contributed by atoms with Crippen molar-refractivity contribution >= 4 is 11.9 Å². The van der Waals surface area contributed by atoms with Crippen molar-refractivity contribution in [2.45, 2.75) is 27.7 Å². The van der Waals surface area contributed by atoms with Crippen LogP contribution in [0.25, 0.3) is 5.32 Å². The smallest absolute Gasteiger partial charge is 0.225 e. The summed E-state index contributed by atoms with van der Waals surface area (Å²) in [5, 5.41) is 7.62. The Balaban J connectivity index is 0.000000200. The van der Waals surface area contributed by atoms with Crippen molar-refractivity contribution in [2.24, 2.45) is 0 Å². The summed E-state index contributed by atoms with van der Waals surface area (Å²) < 4.78 is 0. The zero-order valence-electron chi connectivity index (χ0n) is 18.0. The first-order valence-corrected chi connectivity index (χ1v) is 10.00. The van der Waals surface area contributed by atoms with E-state index in [0.29, 0.717) is 0 Å². The second-order valence-corrected chi connectivity index (χ2v) is 7.30. The van der Waals surface area contributed by atoms with Crippen molar-refractivity contribution in [3.8, 4) is 0 Å². The summed E-state index contributed by atoms with van der Waals surface area (Å²) in [5.74, 6) is 1.74. The van der Waals surface area contributed by atoms with Crippen LogP contribution >= 0.6 is 0 Å². The maximum atomic E-state index is 4.44. The second-order valence-electron chi connectivity index (χ2n) is 7.30.